The molecule has 0 aliphatic heterocycles. The van der Waals surface area contributed by atoms with E-state index in [2.05, 4.69) is 5.32 Å². The van der Waals surface area contributed by atoms with Gasteiger partial charge < -0.3 is 14.8 Å². The van der Waals surface area contributed by atoms with Crippen molar-refractivity contribution in [3.63, 3.8) is 0 Å². The third-order valence-electron chi connectivity index (χ3n) is 5.12. The molecule has 0 saturated heterocycles. The van der Waals surface area contributed by atoms with E-state index < -0.39 is 0 Å². The number of nitrogens with one attached hydrogen (secondary N) is 1. The lowest BCUT2D eigenvalue weighted by atomic mass is 10.1. The van der Waals surface area contributed by atoms with E-state index in [0.717, 1.165) is 17.7 Å². The van der Waals surface area contributed by atoms with Crippen LogP contribution in [-0.2, 0) is 13.2 Å². The normalized spacial score (nSPS) is 14.7. The van der Waals surface area contributed by atoms with Gasteiger partial charge in [-0.25, -0.2) is 0 Å². The Bertz CT molecular complexity index is 745. The van der Waals surface area contributed by atoms with Gasteiger partial charge in [-0.1, -0.05) is 61.0 Å². The first-order valence-electron chi connectivity index (χ1n) is 10.2. The van der Waals surface area contributed by atoms with Crippen LogP contribution in [0, 0.1) is 0 Å². The Hall–Kier alpha value is -1.13. The number of rotatable bonds is 8. The predicted octanol–water partition coefficient (Wildman–Crippen LogP) is 7.21. The Balaban J connectivity index is 0.00000300. The van der Waals surface area contributed by atoms with E-state index in [4.69, 9.17) is 32.7 Å². The monoisotopic (exact) mass is 457 g/mol. The van der Waals surface area contributed by atoms with Crippen LogP contribution in [0.4, 0.5) is 0 Å². The lowest BCUT2D eigenvalue weighted by Crippen LogP contribution is -2.27. The van der Waals surface area contributed by atoms with E-state index in [-0.39, 0.29) is 12.4 Å². The van der Waals surface area contributed by atoms with Crippen molar-refractivity contribution in [2.45, 2.75) is 64.6 Å². The fraction of sp³-hybridized carbons (Fsp3) is 0.478. The molecule has 29 heavy (non-hydrogen) atoms. The van der Waals surface area contributed by atoms with Gasteiger partial charge in [0, 0.05) is 17.6 Å². The molecule has 1 N–H and O–H groups in total. The molecule has 3 nitrogen and oxygen atoms in total. The molecule has 2 aromatic rings. The van der Waals surface area contributed by atoms with Gasteiger partial charge in [-0.3, -0.25) is 0 Å². The fourth-order valence-electron chi connectivity index (χ4n) is 3.61. The molecular formula is C23H30Cl3NO2. The van der Waals surface area contributed by atoms with Crippen molar-refractivity contribution in [3.8, 4) is 11.5 Å². The van der Waals surface area contributed by atoms with Gasteiger partial charge in [0.1, 0.15) is 6.61 Å². The smallest absolute Gasteiger partial charge is 0.180 e. The molecule has 160 valence electrons. The average molecular weight is 459 g/mol. The molecule has 1 fully saturated rings. The average Bonchev–Trinajstić information content (AvgIpc) is 2.96. The van der Waals surface area contributed by atoms with Crippen LogP contribution in [0.2, 0.25) is 10.0 Å². The summed E-state index contributed by atoms with van der Waals surface area (Å²) in [5.74, 6) is 1.29. The van der Waals surface area contributed by atoms with Crippen molar-refractivity contribution < 1.29 is 9.47 Å². The lowest BCUT2D eigenvalue weighted by Gasteiger charge is -2.18. The lowest BCUT2D eigenvalue weighted by molar-refractivity contribution is 0.269. The second kappa shape index (κ2) is 12.5. The Morgan fingerprint density at radius 3 is 2.28 bits per heavy atom. The second-order valence-corrected chi connectivity index (χ2v) is 8.17. The van der Waals surface area contributed by atoms with Crippen LogP contribution in [0.5, 0.6) is 11.5 Å². The summed E-state index contributed by atoms with van der Waals surface area (Å²) in [5, 5.41) is 4.98. The van der Waals surface area contributed by atoms with Crippen molar-refractivity contribution in [1.82, 2.24) is 5.32 Å². The highest BCUT2D eigenvalue weighted by atomic mass is 35.5. The summed E-state index contributed by atoms with van der Waals surface area (Å²) in [4.78, 5) is 0. The third kappa shape index (κ3) is 7.57. The maximum absolute atomic E-state index is 6.56. The van der Waals surface area contributed by atoms with E-state index >= 15 is 0 Å². The highest BCUT2D eigenvalue weighted by Gasteiger charge is 2.15. The summed E-state index contributed by atoms with van der Waals surface area (Å²) in [5.41, 5.74) is 2.15. The highest BCUT2D eigenvalue weighted by Crippen LogP contribution is 2.37. The van der Waals surface area contributed by atoms with Gasteiger partial charge in [0.15, 0.2) is 11.5 Å². The molecule has 0 amide bonds. The van der Waals surface area contributed by atoms with E-state index in [9.17, 15) is 0 Å². The minimum absolute atomic E-state index is 0. The van der Waals surface area contributed by atoms with Gasteiger partial charge >= 0.3 is 0 Å². The number of benzene rings is 2. The van der Waals surface area contributed by atoms with Crippen LogP contribution in [0.3, 0.4) is 0 Å². The zero-order valence-electron chi connectivity index (χ0n) is 16.9. The molecule has 1 aliphatic carbocycles. The van der Waals surface area contributed by atoms with E-state index in [1.807, 2.05) is 43.3 Å². The van der Waals surface area contributed by atoms with Crippen molar-refractivity contribution in [2.24, 2.45) is 0 Å². The number of hydrogen-bond acceptors (Lipinski definition) is 3. The molecule has 0 spiro atoms. The van der Waals surface area contributed by atoms with Crippen molar-refractivity contribution in [3.05, 3.63) is 57.6 Å². The van der Waals surface area contributed by atoms with Crippen LogP contribution in [0.1, 0.15) is 56.6 Å². The minimum atomic E-state index is 0. The molecule has 1 aliphatic rings. The summed E-state index contributed by atoms with van der Waals surface area (Å²) in [7, 11) is 0. The van der Waals surface area contributed by atoms with Crippen molar-refractivity contribution >= 4 is 35.6 Å². The Morgan fingerprint density at radius 1 is 0.931 bits per heavy atom. The quantitative estimate of drug-likeness (QED) is 0.424. The van der Waals surface area contributed by atoms with E-state index in [1.165, 1.54) is 38.5 Å². The number of ether oxygens (including phenoxy) is 2. The van der Waals surface area contributed by atoms with Gasteiger partial charge in [-0.2, -0.15) is 0 Å². The Kier molecular flexibility index (Phi) is 10.4. The van der Waals surface area contributed by atoms with Crippen LogP contribution < -0.4 is 14.8 Å². The van der Waals surface area contributed by atoms with Crippen LogP contribution in [0.15, 0.2) is 36.4 Å². The molecule has 2 aromatic carbocycles. The standard InChI is InChI=1S/C23H29Cl2NO2.ClH/c1-2-27-22-14-18(15-26-20-7-5-3-4-6-8-20)13-21(25)23(22)28-16-17-9-11-19(24)12-10-17;/h9-14,20,26H,2-8,15-16H2,1H3;1H. The molecule has 1 saturated carbocycles. The highest BCUT2D eigenvalue weighted by molar-refractivity contribution is 6.32. The SMILES string of the molecule is CCOc1cc(CNC2CCCCCC2)cc(Cl)c1OCc1ccc(Cl)cc1.Cl. The third-order valence-corrected chi connectivity index (χ3v) is 5.65. The first-order valence-corrected chi connectivity index (χ1v) is 11.0. The maximum atomic E-state index is 6.56. The Labute approximate surface area is 190 Å². The second-order valence-electron chi connectivity index (χ2n) is 7.32. The van der Waals surface area contributed by atoms with Gasteiger partial charge in [-0.05, 0) is 55.2 Å². The number of hydrogen-bond donors (Lipinski definition) is 1. The van der Waals surface area contributed by atoms with Crippen LogP contribution >= 0.6 is 35.6 Å². The molecule has 6 heteroatoms. The van der Waals surface area contributed by atoms with Gasteiger partial charge in [0.05, 0.1) is 11.6 Å². The largest absolute Gasteiger partial charge is 0.490 e. The molecule has 0 aromatic heterocycles. The summed E-state index contributed by atoms with van der Waals surface area (Å²) in [6.45, 7) is 3.74. The topological polar surface area (TPSA) is 30.5 Å². The molecule has 3 rings (SSSR count). The summed E-state index contributed by atoms with van der Waals surface area (Å²) >= 11 is 12.5. The summed E-state index contributed by atoms with van der Waals surface area (Å²) in [6.07, 6.45) is 7.87. The van der Waals surface area contributed by atoms with Crippen molar-refractivity contribution in [2.75, 3.05) is 6.61 Å². The molecule has 0 unspecified atom stereocenters. The van der Waals surface area contributed by atoms with Crippen LogP contribution in [-0.4, -0.2) is 12.6 Å². The van der Waals surface area contributed by atoms with Gasteiger partial charge in [-0.15, -0.1) is 12.4 Å². The zero-order valence-corrected chi connectivity index (χ0v) is 19.2. The minimum Gasteiger partial charge on any atom is -0.490 e. The molecule has 0 atom stereocenters. The maximum Gasteiger partial charge on any atom is 0.180 e. The van der Waals surface area contributed by atoms with Crippen LogP contribution in [0.25, 0.3) is 0 Å². The number of halogens is 3. The van der Waals surface area contributed by atoms with Crippen molar-refractivity contribution in [1.29, 1.82) is 0 Å². The Morgan fingerprint density at radius 2 is 1.62 bits per heavy atom. The first-order chi connectivity index (χ1) is 13.7. The molecule has 0 radical (unpaired) electrons. The molecule has 0 heterocycles. The van der Waals surface area contributed by atoms with Gasteiger partial charge in [0.25, 0.3) is 0 Å². The summed E-state index contributed by atoms with van der Waals surface area (Å²) in [6, 6.07) is 12.2. The predicted molar refractivity (Wildman–Crippen MR) is 124 cm³/mol. The van der Waals surface area contributed by atoms with Gasteiger partial charge in [0.2, 0.25) is 0 Å². The van der Waals surface area contributed by atoms with E-state index in [1.54, 1.807) is 0 Å². The molecular weight excluding hydrogens is 429 g/mol. The zero-order chi connectivity index (χ0) is 19.8. The van der Waals surface area contributed by atoms with E-state index in [0.29, 0.717) is 40.8 Å². The summed E-state index contributed by atoms with van der Waals surface area (Å²) < 4.78 is 11.8. The fourth-order valence-corrected chi connectivity index (χ4v) is 4.02. The first kappa shape index (κ1) is 24.1. The molecule has 0 bridgehead atoms.